The average Bonchev–Trinajstić information content (AvgIpc) is 0.755. The summed E-state index contributed by atoms with van der Waals surface area (Å²) in [6.07, 6.45) is 8.87. The molecule has 38 heteroatoms. The minimum Gasteiger partial charge on any atom is -0.393 e. The van der Waals surface area contributed by atoms with Gasteiger partial charge in [0.05, 0.1) is 77.1 Å². The Morgan fingerprint density at radius 2 is 0.706 bits per heavy atom. The van der Waals surface area contributed by atoms with Gasteiger partial charge in [0, 0.05) is 130 Å². The van der Waals surface area contributed by atoms with Crippen molar-refractivity contribution in [3.63, 3.8) is 0 Å². The van der Waals surface area contributed by atoms with Gasteiger partial charge in [-0.3, -0.25) is 4.79 Å². The highest BCUT2D eigenvalue weighted by molar-refractivity contribution is 9.11. The third-order valence-electron chi connectivity index (χ3n) is 24.7. The number of thioether (sulfide) groups is 1. The van der Waals surface area contributed by atoms with Gasteiger partial charge in [-0.15, -0.1) is 24.4 Å². The van der Waals surface area contributed by atoms with Crippen molar-refractivity contribution < 1.29 is 84.6 Å². The van der Waals surface area contributed by atoms with E-state index in [0.717, 1.165) is 128 Å². The largest absolute Gasteiger partial charge is 0.425 e. The van der Waals surface area contributed by atoms with E-state index in [1.54, 1.807) is 116 Å². The van der Waals surface area contributed by atoms with Gasteiger partial charge in [0.2, 0.25) is 0 Å². The first-order valence-electron chi connectivity index (χ1n) is 45.4. The Hall–Kier alpha value is -4.51. The Morgan fingerprint density at radius 3 is 1.10 bits per heavy atom. The van der Waals surface area contributed by atoms with Crippen LogP contribution in [0.15, 0.2) is 276 Å². The molecule has 143 heavy (non-hydrogen) atoms. The molecule has 0 saturated carbocycles. The van der Waals surface area contributed by atoms with Gasteiger partial charge in [-0.05, 0) is 308 Å². The minimum atomic E-state index is -3.64. The third-order valence-corrected chi connectivity index (χ3v) is 40.2. The molecular formula is C105H109Br6Cl7O19S6. The quantitative estimate of drug-likeness (QED) is 0.0880. The molecule has 6 heterocycles. The maximum absolute atomic E-state index is 13.4. The molecule has 0 amide bonds. The molecule has 1 N–H and O–H groups in total. The van der Waals surface area contributed by atoms with Gasteiger partial charge in [-0.25, -0.2) is 33.7 Å². The second kappa shape index (κ2) is 55.7. The topological polar surface area (TPSA) is 280 Å². The normalized spacial score (nSPS) is 22.2. The van der Waals surface area contributed by atoms with Crippen molar-refractivity contribution in [3.05, 3.63) is 348 Å². The SMILES string of the molecule is CC1CCOC(c2ccc(Cl)cc2Br)C1.Cc1cccc(S(=O)(=O)C2(C)CCOC(c3ccc(Cl)cc3Br)C2)c1.Cc1cccc(S(=O)(=O)C2(C)CCOC(c3ccc(Cl)cc3S(C)(=O)=O)C2)c1.Cc1cccc(S(=O)(=O)C2CCOC(c3ccc(Cl)cc3Br)C2)c1.Cc1cccc(SC2CCOC(c3ccc(Cl)cc3Br)C2)c1.O=Cc1ccc(Cl)cc1Br.O=S(=O)=O.OC1CCOC(c2ccc(Cl)cc2Br)C1. The second-order valence-corrected chi connectivity index (χ2v) is 54.9. The van der Waals surface area contributed by atoms with Crippen LogP contribution in [0, 0.1) is 33.6 Å². The van der Waals surface area contributed by atoms with E-state index < -0.39 is 70.8 Å². The molecule has 6 saturated heterocycles. The van der Waals surface area contributed by atoms with Gasteiger partial charge in [0.15, 0.2) is 45.6 Å². The molecule has 11 aromatic rings. The van der Waals surface area contributed by atoms with Crippen molar-refractivity contribution in [2.45, 2.75) is 213 Å². The molecule has 19 nitrogen and oxygen atoms in total. The first-order valence-corrected chi connectivity index (χ1v) is 61.1. The van der Waals surface area contributed by atoms with E-state index in [9.17, 15) is 43.6 Å². The number of aliphatic hydroxyl groups excluding tert-OH is 1. The van der Waals surface area contributed by atoms with Crippen LogP contribution in [0.4, 0.5) is 0 Å². The predicted octanol–water partition coefficient (Wildman–Crippen LogP) is 31.0. The molecule has 17 rings (SSSR count). The Bertz CT molecular complexity index is 6800. The van der Waals surface area contributed by atoms with Crippen LogP contribution in [0.25, 0.3) is 0 Å². The van der Waals surface area contributed by atoms with Crippen LogP contribution < -0.4 is 0 Å². The summed E-state index contributed by atoms with van der Waals surface area (Å²) >= 11 is 64.2. The summed E-state index contributed by atoms with van der Waals surface area (Å²) in [6, 6.07) is 67.8. The Balaban J connectivity index is 0.000000173. The van der Waals surface area contributed by atoms with Gasteiger partial charge in [-0.1, -0.05) is 274 Å². The number of sulfone groups is 4. The molecule has 0 aliphatic carbocycles. The Kier molecular flexibility index (Phi) is 46.9. The molecule has 12 atom stereocenters. The summed E-state index contributed by atoms with van der Waals surface area (Å²) in [4.78, 5) is 12.7. The molecule has 0 bridgehead atoms. The van der Waals surface area contributed by atoms with Crippen LogP contribution in [0.5, 0.6) is 0 Å². The van der Waals surface area contributed by atoms with Crippen molar-refractivity contribution in [1.29, 1.82) is 0 Å². The number of hydrogen-bond donors (Lipinski definition) is 1. The zero-order valence-electron chi connectivity index (χ0n) is 79.1. The lowest BCUT2D eigenvalue weighted by molar-refractivity contribution is -0.0451. The monoisotopic (exact) mass is 2580 g/mol. The van der Waals surface area contributed by atoms with Crippen LogP contribution >= 0.6 is 189 Å². The molecule has 0 radical (unpaired) electrons. The van der Waals surface area contributed by atoms with Gasteiger partial charge in [0.1, 0.15) is 0 Å². The highest BCUT2D eigenvalue weighted by Gasteiger charge is 2.48. The van der Waals surface area contributed by atoms with E-state index in [4.69, 9.17) is 122 Å². The van der Waals surface area contributed by atoms with E-state index in [1.165, 1.54) is 34.1 Å². The maximum Gasteiger partial charge on any atom is 0.425 e. The summed E-state index contributed by atoms with van der Waals surface area (Å²) in [5.41, 5.74) is 10.4. The standard InChI is InChI=1S/C20H23ClO5S2.C19H20BrClO3S.C18H18BrClO3S.C18H18BrClOS.C12H14BrClO.C11H12BrClO2.C7H4BrClO.O3S/c1-14-5-4-6-16(11-14)28(24,25)20(2)9-10-26-18(13-20)17-8-7-15(21)12-19(17)27(3,22)23;1-13-4-3-5-15(10-13)25(22,23)19(2)8-9-24-18(12-19)16-7-6-14(21)11-17(16)20;1-12-3-2-4-14(9-12)24(21,22)15-7-8-23-18(11-15)16-6-5-13(20)10-17(16)19;1-12-3-2-4-14(9-12)22-15-7-8-21-18(11-15)16-6-5-13(20)10-17(16)19;1-8-4-5-15-12(6-8)10-3-2-9(14)7-11(10)13;12-10-5-7(13)1-2-9(10)11-6-8(14)3-4-15-11;8-7-3-6(9)2-1-5(7)4-10;1-4(2)3/h4-8,11-12,18H,9-10,13H2,1-3H3;3-7,10-11,18H,8-9,12H2,1-2H3;2-6,9-10,15,18H,7-8,11H2,1H3;2-6,9-10,15,18H,7-8,11H2,1H3;2-3,7-8,12H,4-6H2,1H3;1-2,5,8,11,14H,3-4,6H2;1-4H;. The van der Waals surface area contributed by atoms with Crippen LogP contribution in [-0.2, 0) is 78.4 Å². The van der Waals surface area contributed by atoms with Crippen LogP contribution in [-0.4, -0.2) is 130 Å². The Morgan fingerprint density at radius 1 is 0.378 bits per heavy atom. The number of halogens is 13. The van der Waals surface area contributed by atoms with Gasteiger partial charge < -0.3 is 33.5 Å². The molecule has 11 aromatic carbocycles. The van der Waals surface area contributed by atoms with Crippen molar-refractivity contribution in [3.8, 4) is 0 Å². The van der Waals surface area contributed by atoms with E-state index in [2.05, 4.69) is 146 Å². The smallest absolute Gasteiger partial charge is 0.393 e. The zero-order chi connectivity index (χ0) is 105. The first kappa shape index (κ1) is 120. The van der Waals surface area contributed by atoms with Crippen molar-refractivity contribution in [2.24, 2.45) is 5.92 Å². The fourth-order valence-corrected chi connectivity index (χ4v) is 30.4. The lowest BCUT2D eigenvalue weighted by atomic mass is 9.92. The third kappa shape index (κ3) is 35.0. The average molecular weight is 2600 g/mol. The summed E-state index contributed by atoms with van der Waals surface area (Å²) in [6.45, 7) is 16.9. The lowest BCUT2D eigenvalue weighted by Gasteiger charge is -2.38. The highest BCUT2D eigenvalue weighted by atomic mass is 79.9. The van der Waals surface area contributed by atoms with E-state index in [1.807, 2.05) is 112 Å². The highest BCUT2D eigenvalue weighted by Crippen LogP contribution is 2.49. The van der Waals surface area contributed by atoms with E-state index in [0.29, 0.717) is 110 Å². The fourth-order valence-electron chi connectivity index (χ4n) is 16.9. The van der Waals surface area contributed by atoms with Gasteiger partial charge in [0.25, 0.3) is 0 Å². The number of carbonyl (C=O) groups is 1. The zero-order valence-corrected chi connectivity index (χ0v) is 98.8. The van der Waals surface area contributed by atoms with Crippen LogP contribution in [0.1, 0.15) is 200 Å². The van der Waals surface area contributed by atoms with E-state index in [-0.39, 0.29) is 59.4 Å². The number of benzene rings is 11. The number of aliphatic hydroxyl groups is 1. The molecule has 0 spiro atoms. The minimum absolute atomic E-state index is 0.0274. The number of ether oxygens (including phenoxy) is 6. The van der Waals surface area contributed by atoms with E-state index >= 15 is 0 Å². The maximum atomic E-state index is 13.4. The molecule has 6 fully saturated rings. The molecule has 770 valence electrons. The fraction of sp³-hybridized carbons (Fsp3) is 0.362. The number of aldehydes is 1. The molecule has 0 aromatic heterocycles. The van der Waals surface area contributed by atoms with Crippen LogP contribution in [0.2, 0.25) is 35.2 Å². The summed E-state index contributed by atoms with van der Waals surface area (Å²) in [7, 11) is -17.1. The van der Waals surface area contributed by atoms with Crippen molar-refractivity contribution in [2.75, 3.05) is 45.9 Å². The molecular weight excluding hydrogens is 2490 g/mol. The van der Waals surface area contributed by atoms with Gasteiger partial charge in [-0.2, -0.15) is 0 Å². The summed E-state index contributed by atoms with van der Waals surface area (Å²) in [5.74, 6) is 0.742. The number of rotatable bonds is 16. The number of carbonyl (C=O) groups excluding carboxylic acids is 1. The van der Waals surface area contributed by atoms with Gasteiger partial charge >= 0.3 is 10.6 Å². The van der Waals surface area contributed by atoms with Crippen LogP contribution in [0.3, 0.4) is 0 Å². The number of hydrogen-bond acceptors (Lipinski definition) is 20. The van der Waals surface area contributed by atoms with Crippen molar-refractivity contribution in [1.82, 2.24) is 0 Å². The molecule has 6 aliphatic rings. The Labute approximate surface area is 931 Å². The molecule has 12 unspecified atom stereocenters. The summed E-state index contributed by atoms with van der Waals surface area (Å²) < 4.78 is 167. The predicted molar refractivity (Wildman–Crippen MR) is 594 cm³/mol. The first-order chi connectivity index (χ1) is 67.5. The molecule has 6 aliphatic heterocycles. The van der Waals surface area contributed by atoms with Crippen molar-refractivity contribution >= 4 is 245 Å². The number of aryl methyl sites for hydroxylation is 4. The summed E-state index contributed by atoms with van der Waals surface area (Å²) in [5, 5.41) is 14.1. The second-order valence-electron chi connectivity index (χ2n) is 35.8. The lowest BCUT2D eigenvalue weighted by Crippen LogP contribution is -2.42.